The molecule has 140 valence electrons. The van der Waals surface area contributed by atoms with Crippen molar-refractivity contribution in [3.63, 3.8) is 0 Å². The summed E-state index contributed by atoms with van der Waals surface area (Å²) in [5.74, 6) is 1.08. The molecule has 27 heavy (non-hydrogen) atoms. The largest absolute Gasteiger partial charge is 0.496 e. The zero-order valence-corrected chi connectivity index (χ0v) is 16.7. The SMILES string of the molecule is COc1ccccc1-c1csc(NC(=O)C(C)Oc2ccc(Cl)cc2C)n1. The van der Waals surface area contributed by atoms with E-state index < -0.39 is 6.10 Å². The quantitative estimate of drug-likeness (QED) is 0.616. The Hall–Kier alpha value is -2.57. The lowest BCUT2D eigenvalue weighted by Gasteiger charge is -2.15. The van der Waals surface area contributed by atoms with Gasteiger partial charge in [-0.2, -0.15) is 0 Å². The van der Waals surface area contributed by atoms with Crippen LogP contribution < -0.4 is 14.8 Å². The summed E-state index contributed by atoms with van der Waals surface area (Å²) in [6.07, 6.45) is -0.677. The molecule has 1 amide bonds. The number of carbonyl (C=O) groups is 1. The van der Waals surface area contributed by atoms with Crippen molar-refractivity contribution in [3.8, 4) is 22.8 Å². The van der Waals surface area contributed by atoms with Crippen LogP contribution in [0.15, 0.2) is 47.8 Å². The first-order valence-electron chi connectivity index (χ1n) is 8.30. The van der Waals surface area contributed by atoms with E-state index in [1.165, 1.54) is 11.3 Å². The average Bonchev–Trinajstić information content (AvgIpc) is 3.12. The number of anilines is 1. The summed E-state index contributed by atoms with van der Waals surface area (Å²) in [4.78, 5) is 16.9. The number of aryl methyl sites for hydroxylation is 1. The number of benzene rings is 2. The van der Waals surface area contributed by atoms with E-state index in [-0.39, 0.29) is 5.91 Å². The first kappa shape index (κ1) is 19.2. The van der Waals surface area contributed by atoms with Crippen LogP contribution >= 0.6 is 22.9 Å². The fourth-order valence-corrected chi connectivity index (χ4v) is 3.45. The second-order valence-electron chi connectivity index (χ2n) is 5.90. The summed E-state index contributed by atoms with van der Waals surface area (Å²) in [5, 5.41) is 5.81. The van der Waals surface area contributed by atoms with Gasteiger partial charge in [-0.1, -0.05) is 23.7 Å². The first-order chi connectivity index (χ1) is 13.0. The molecule has 3 aromatic rings. The van der Waals surface area contributed by atoms with Crippen LogP contribution in [0, 0.1) is 6.92 Å². The lowest BCUT2D eigenvalue weighted by Crippen LogP contribution is -2.30. The lowest BCUT2D eigenvalue weighted by molar-refractivity contribution is -0.122. The number of rotatable bonds is 6. The van der Waals surface area contributed by atoms with Crippen LogP contribution in [-0.4, -0.2) is 24.1 Å². The van der Waals surface area contributed by atoms with Gasteiger partial charge in [-0.15, -0.1) is 11.3 Å². The molecule has 0 fully saturated rings. The maximum Gasteiger partial charge on any atom is 0.266 e. The fraction of sp³-hybridized carbons (Fsp3) is 0.200. The molecule has 0 radical (unpaired) electrons. The number of ether oxygens (including phenoxy) is 2. The normalized spacial score (nSPS) is 11.7. The number of hydrogen-bond donors (Lipinski definition) is 1. The van der Waals surface area contributed by atoms with Gasteiger partial charge in [0.05, 0.1) is 12.8 Å². The summed E-state index contributed by atoms with van der Waals surface area (Å²) in [6.45, 7) is 3.57. The van der Waals surface area contributed by atoms with Gasteiger partial charge in [0, 0.05) is 16.0 Å². The van der Waals surface area contributed by atoms with Crippen LogP contribution in [0.25, 0.3) is 11.3 Å². The summed E-state index contributed by atoms with van der Waals surface area (Å²) >= 11 is 7.30. The van der Waals surface area contributed by atoms with Gasteiger partial charge in [0.2, 0.25) is 0 Å². The molecule has 1 aromatic heterocycles. The van der Waals surface area contributed by atoms with E-state index in [0.29, 0.717) is 15.9 Å². The Bertz CT molecular complexity index is 958. The second kappa shape index (κ2) is 8.41. The average molecular weight is 403 g/mol. The van der Waals surface area contributed by atoms with Crippen LogP contribution in [0.2, 0.25) is 5.02 Å². The Morgan fingerprint density at radius 3 is 2.74 bits per heavy atom. The van der Waals surface area contributed by atoms with Gasteiger partial charge in [0.25, 0.3) is 5.91 Å². The van der Waals surface area contributed by atoms with E-state index in [4.69, 9.17) is 21.1 Å². The van der Waals surface area contributed by atoms with Crippen LogP contribution in [-0.2, 0) is 4.79 Å². The van der Waals surface area contributed by atoms with Gasteiger partial charge in [-0.3, -0.25) is 10.1 Å². The zero-order chi connectivity index (χ0) is 19.4. The number of carbonyl (C=O) groups excluding carboxylic acids is 1. The minimum absolute atomic E-state index is 0.273. The van der Waals surface area contributed by atoms with Crippen LogP contribution in [0.5, 0.6) is 11.5 Å². The molecule has 0 spiro atoms. The molecule has 5 nitrogen and oxygen atoms in total. The topological polar surface area (TPSA) is 60.5 Å². The highest BCUT2D eigenvalue weighted by Crippen LogP contribution is 2.32. The maximum atomic E-state index is 12.4. The first-order valence-corrected chi connectivity index (χ1v) is 9.56. The molecule has 2 aromatic carbocycles. The number of methoxy groups -OCH3 is 1. The predicted octanol–water partition coefficient (Wildman–Crippen LogP) is 5.19. The van der Waals surface area contributed by atoms with Crippen molar-refractivity contribution in [1.82, 2.24) is 4.98 Å². The van der Waals surface area contributed by atoms with Crippen LogP contribution in [0.1, 0.15) is 12.5 Å². The van der Waals surface area contributed by atoms with Gasteiger partial charge in [-0.25, -0.2) is 4.98 Å². The summed E-state index contributed by atoms with van der Waals surface area (Å²) in [5.41, 5.74) is 2.49. The number of nitrogens with zero attached hydrogens (tertiary/aromatic N) is 1. The smallest absolute Gasteiger partial charge is 0.266 e. The highest BCUT2D eigenvalue weighted by atomic mass is 35.5. The predicted molar refractivity (Wildman–Crippen MR) is 109 cm³/mol. The Kier molecular flexibility index (Phi) is 5.98. The number of thiazole rings is 1. The molecule has 3 rings (SSSR count). The van der Waals surface area contributed by atoms with Crippen molar-refractivity contribution in [3.05, 3.63) is 58.4 Å². The Morgan fingerprint density at radius 2 is 2.00 bits per heavy atom. The third-order valence-corrected chi connectivity index (χ3v) is 4.92. The number of hydrogen-bond acceptors (Lipinski definition) is 5. The highest BCUT2D eigenvalue weighted by Gasteiger charge is 2.18. The number of amides is 1. The molecule has 0 saturated heterocycles. The molecule has 0 aliphatic carbocycles. The van der Waals surface area contributed by atoms with Gasteiger partial charge in [0.15, 0.2) is 11.2 Å². The molecule has 7 heteroatoms. The van der Waals surface area contributed by atoms with E-state index in [1.807, 2.05) is 36.6 Å². The Morgan fingerprint density at radius 1 is 1.22 bits per heavy atom. The minimum atomic E-state index is -0.677. The molecule has 1 heterocycles. The van der Waals surface area contributed by atoms with Gasteiger partial charge < -0.3 is 9.47 Å². The molecule has 0 aliphatic heterocycles. The molecule has 1 atom stereocenters. The Labute approximate surface area is 166 Å². The minimum Gasteiger partial charge on any atom is -0.496 e. The summed E-state index contributed by atoms with van der Waals surface area (Å²) in [6, 6.07) is 12.9. The van der Waals surface area contributed by atoms with E-state index in [9.17, 15) is 4.79 Å². The number of aromatic nitrogens is 1. The fourth-order valence-electron chi connectivity index (χ4n) is 2.51. The monoisotopic (exact) mass is 402 g/mol. The van der Waals surface area contributed by atoms with Crippen molar-refractivity contribution in [2.45, 2.75) is 20.0 Å². The third-order valence-electron chi connectivity index (χ3n) is 3.93. The number of nitrogens with one attached hydrogen (secondary N) is 1. The lowest BCUT2D eigenvalue weighted by atomic mass is 10.1. The number of para-hydroxylation sites is 1. The zero-order valence-electron chi connectivity index (χ0n) is 15.2. The molecule has 1 unspecified atom stereocenters. The molecular weight excluding hydrogens is 384 g/mol. The van der Waals surface area contributed by atoms with Gasteiger partial charge in [0.1, 0.15) is 11.5 Å². The van der Waals surface area contributed by atoms with E-state index in [0.717, 1.165) is 22.6 Å². The maximum absolute atomic E-state index is 12.4. The Balaban J connectivity index is 1.68. The molecule has 1 N–H and O–H groups in total. The van der Waals surface area contributed by atoms with Crippen LogP contribution in [0.3, 0.4) is 0 Å². The summed E-state index contributed by atoms with van der Waals surface area (Å²) in [7, 11) is 1.62. The van der Waals surface area contributed by atoms with E-state index in [1.54, 1.807) is 32.2 Å². The van der Waals surface area contributed by atoms with Crippen molar-refractivity contribution in [2.24, 2.45) is 0 Å². The molecule has 0 saturated carbocycles. The summed E-state index contributed by atoms with van der Waals surface area (Å²) < 4.78 is 11.1. The van der Waals surface area contributed by atoms with Crippen molar-refractivity contribution in [2.75, 3.05) is 12.4 Å². The molecule has 0 bridgehead atoms. The van der Waals surface area contributed by atoms with Crippen molar-refractivity contribution >= 4 is 34.0 Å². The second-order valence-corrected chi connectivity index (χ2v) is 7.19. The third kappa shape index (κ3) is 4.59. The highest BCUT2D eigenvalue weighted by molar-refractivity contribution is 7.14. The van der Waals surface area contributed by atoms with Gasteiger partial charge in [-0.05, 0) is 49.7 Å². The molecular formula is C20H19ClN2O3S. The van der Waals surface area contributed by atoms with E-state index >= 15 is 0 Å². The number of halogens is 1. The van der Waals surface area contributed by atoms with E-state index in [2.05, 4.69) is 10.3 Å². The standard InChI is InChI=1S/C20H19ClN2O3S/c1-12-10-14(21)8-9-17(12)26-13(2)19(24)23-20-22-16(11-27-20)15-6-4-5-7-18(15)25-3/h4-11,13H,1-3H3,(H,22,23,24). The van der Waals surface area contributed by atoms with Crippen molar-refractivity contribution < 1.29 is 14.3 Å². The van der Waals surface area contributed by atoms with Crippen molar-refractivity contribution in [1.29, 1.82) is 0 Å². The van der Waals surface area contributed by atoms with Gasteiger partial charge >= 0.3 is 0 Å². The molecule has 0 aliphatic rings. The van der Waals surface area contributed by atoms with Crippen LogP contribution in [0.4, 0.5) is 5.13 Å².